The first-order chi connectivity index (χ1) is 17.8. The molecule has 37 heavy (non-hydrogen) atoms. The van der Waals surface area contributed by atoms with E-state index in [4.69, 9.17) is 10.5 Å². The summed E-state index contributed by atoms with van der Waals surface area (Å²) in [5, 5.41) is 9.73. The summed E-state index contributed by atoms with van der Waals surface area (Å²) >= 11 is 0. The molecule has 3 aromatic rings. The summed E-state index contributed by atoms with van der Waals surface area (Å²) in [4.78, 5) is 35.2. The lowest BCUT2D eigenvalue weighted by Gasteiger charge is -2.51. The fourth-order valence-electron chi connectivity index (χ4n) is 5.24. The number of nitrogens with two attached hydrogens (primary N) is 1. The SMILES string of the molecule is CCCCOC1(c2ccccc2C)CN(C(=O)C(Cc2ccc(O)cc2)C(CC(N)=O)c2cnc[nH]2)C1. The monoisotopic (exact) mass is 504 g/mol. The molecule has 0 aliphatic carbocycles. The number of carbonyl (C=O) groups is 2. The Kier molecular flexibility index (Phi) is 8.28. The van der Waals surface area contributed by atoms with Crippen molar-refractivity contribution in [1.29, 1.82) is 0 Å². The van der Waals surface area contributed by atoms with Crippen molar-refractivity contribution in [2.75, 3.05) is 19.7 Å². The van der Waals surface area contributed by atoms with Gasteiger partial charge in [-0.25, -0.2) is 4.98 Å². The second-order valence-electron chi connectivity index (χ2n) is 9.97. The Bertz CT molecular complexity index is 1190. The third-order valence-corrected chi connectivity index (χ3v) is 7.25. The largest absolute Gasteiger partial charge is 0.508 e. The Morgan fingerprint density at radius 2 is 1.92 bits per heavy atom. The molecule has 1 saturated heterocycles. The second kappa shape index (κ2) is 11.6. The molecule has 2 heterocycles. The third-order valence-electron chi connectivity index (χ3n) is 7.25. The highest BCUT2D eigenvalue weighted by Gasteiger charge is 2.50. The fourth-order valence-corrected chi connectivity index (χ4v) is 5.24. The number of nitrogens with one attached hydrogen (secondary N) is 1. The molecule has 1 aliphatic heterocycles. The van der Waals surface area contributed by atoms with E-state index in [2.05, 4.69) is 35.9 Å². The van der Waals surface area contributed by atoms with Crippen LogP contribution in [0.4, 0.5) is 0 Å². The number of carbonyl (C=O) groups excluding carboxylic acids is 2. The smallest absolute Gasteiger partial charge is 0.226 e. The van der Waals surface area contributed by atoms with Crippen LogP contribution in [0.15, 0.2) is 61.1 Å². The summed E-state index contributed by atoms with van der Waals surface area (Å²) in [5.41, 5.74) is 8.90. The van der Waals surface area contributed by atoms with Crippen LogP contribution < -0.4 is 5.73 Å². The number of hydrogen-bond donors (Lipinski definition) is 3. The lowest BCUT2D eigenvalue weighted by atomic mass is 9.78. The van der Waals surface area contributed by atoms with Crippen molar-refractivity contribution in [3.8, 4) is 5.75 Å². The normalized spacial score (nSPS) is 16.1. The Balaban J connectivity index is 1.63. The summed E-state index contributed by atoms with van der Waals surface area (Å²) in [6.07, 6.45) is 5.57. The Morgan fingerprint density at radius 1 is 1.19 bits per heavy atom. The standard InChI is InChI=1S/C29H36N4O4/c1-3-4-13-37-29(25-8-6-5-7-20(25)2)17-33(18-29)28(36)24(14-21-9-11-22(34)12-10-21)23(15-27(30)35)26-16-31-19-32-26/h5-12,16,19,23-24,34H,3-4,13-15,17-18H2,1-2H3,(H2,30,35)(H,31,32). The predicted octanol–water partition coefficient (Wildman–Crippen LogP) is 3.80. The molecule has 2 aromatic carbocycles. The molecule has 2 unspecified atom stereocenters. The van der Waals surface area contributed by atoms with E-state index in [-0.39, 0.29) is 18.1 Å². The van der Waals surface area contributed by atoms with E-state index in [9.17, 15) is 14.7 Å². The molecule has 8 heteroatoms. The highest BCUT2D eigenvalue weighted by atomic mass is 16.5. The van der Waals surface area contributed by atoms with Gasteiger partial charge in [0.2, 0.25) is 11.8 Å². The zero-order chi connectivity index (χ0) is 26.4. The number of rotatable bonds is 12. The zero-order valence-corrected chi connectivity index (χ0v) is 21.5. The molecule has 4 rings (SSSR count). The van der Waals surface area contributed by atoms with Gasteiger partial charge in [0.1, 0.15) is 11.4 Å². The van der Waals surface area contributed by atoms with Crippen LogP contribution in [0.3, 0.4) is 0 Å². The minimum absolute atomic E-state index is 0.0143. The first-order valence-electron chi connectivity index (χ1n) is 12.9. The van der Waals surface area contributed by atoms with Gasteiger partial charge in [-0.05, 0) is 48.6 Å². The number of amides is 2. The van der Waals surface area contributed by atoms with Crippen LogP contribution in [0.5, 0.6) is 5.75 Å². The number of aromatic hydroxyl groups is 1. The molecule has 1 aromatic heterocycles. The number of phenols is 1. The van der Waals surface area contributed by atoms with E-state index in [0.29, 0.717) is 31.8 Å². The van der Waals surface area contributed by atoms with E-state index in [1.54, 1.807) is 36.8 Å². The van der Waals surface area contributed by atoms with Crippen LogP contribution in [0.2, 0.25) is 0 Å². The maximum atomic E-state index is 14.1. The van der Waals surface area contributed by atoms with Crippen molar-refractivity contribution in [3.05, 3.63) is 83.4 Å². The molecule has 0 radical (unpaired) electrons. The predicted molar refractivity (Wildman–Crippen MR) is 141 cm³/mol. The topological polar surface area (TPSA) is 122 Å². The van der Waals surface area contributed by atoms with Crippen LogP contribution in [-0.2, 0) is 26.3 Å². The minimum atomic E-state index is -0.553. The highest BCUT2D eigenvalue weighted by molar-refractivity contribution is 5.83. The molecular weight excluding hydrogens is 468 g/mol. The first kappa shape index (κ1) is 26.4. The lowest BCUT2D eigenvalue weighted by molar-refractivity contribution is -0.177. The summed E-state index contributed by atoms with van der Waals surface area (Å²) in [7, 11) is 0. The van der Waals surface area contributed by atoms with Gasteiger partial charge in [-0.2, -0.15) is 0 Å². The quantitative estimate of drug-likeness (QED) is 0.324. The molecule has 0 spiro atoms. The van der Waals surface area contributed by atoms with Crippen LogP contribution in [0.1, 0.15) is 54.5 Å². The number of hydrogen-bond acceptors (Lipinski definition) is 5. The molecule has 2 amide bonds. The second-order valence-corrected chi connectivity index (χ2v) is 9.97. The van der Waals surface area contributed by atoms with Crippen molar-refractivity contribution in [2.24, 2.45) is 11.7 Å². The van der Waals surface area contributed by atoms with Crippen molar-refractivity contribution in [1.82, 2.24) is 14.9 Å². The van der Waals surface area contributed by atoms with Crippen molar-refractivity contribution < 1.29 is 19.4 Å². The number of aryl methyl sites for hydroxylation is 1. The molecule has 8 nitrogen and oxygen atoms in total. The number of aromatic nitrogens is 2. The average Bonchev–Trinajstić information content (AvgIpc) is 3.39. The van der Waals surface area contributed by atoms with Gasteiger partial charge in [-0.1, -0.05) is 49.7 Å². The molecule has 0 saturated carbocycles. The fraction of sp³-hybridized carbons (Fsp3) is 0.414. The Hall–Kier alpha value is -3.65. The van der Waals surface area contributed by atoms with Gasteiger partial charge in [0.25, 0.3) is 0 Å². The number of unbranched alkanes of at least 4 members (excludes halogenated alkanes) is 1. The number of aromatic amines is 1. The van der Waals surface area contributed by atoms with Crippen molar-refractivity contribution in [2.45, 2.75) is 51.0 Å². The van der Waals surface area contributed by atoms with Crippen LogP contribution in [0.25, 0.3) is 0 Å². The molecule has 0 bridgehead atoms. The highest BCUT2D eigenvalue weighted by Crippen LogP contribution is 2.41. The molecule has 2 atom stereocenters. The third kappa shape index (κ3) is 6.02. The summed E-state index contributed by atoms with van der Waals surface area (Å²) in [5.74, 6) is -1.40. The summed E-state index contributed by atoms with van der Waals surface area (Å²) in [6.45, 7) is 5.71. The number of primary amides is 1. The van der Waals surface area contributed by atoms with E-state index in [1.807, 2.05) is 17.0 Å². The number of H-pyrrole nitrogens is 1. The zero-order valence-electron chi connectivity index (χ0n) is 21.5. The molecular formula is C29H36N4O4. The Morgan fingerprint density at radius 3 is 2.54 bits per heavy atom. The number of benzene rings is 2. The van der Waals surface area contributed by atoms with E-state index in [1.165, 1.54) is 0 Å². The van der Waals surface area contributed by atoms with Gasteiger partial charge >= 0.3 is 0 Å². The number of imidazole rings is 1. The summed E-state index contributed by atoms with van der Waals surface area (Å²) in [6, 6.07) is 15.0. The number of nitrogens with zero attached hydrogens (tertiary/aromatic N) is 2. The van der Waals surface area contributed by atoms with E-state index >= 15 is 0 Å². The van der Waals surface area contributed by atoms with E-state index < -0.39 is 23.3 Å². The maximum Gasteiger partial charge on any atom is 0.226 e. The Labute approximate surface area is 217 Å². The van der Waals surface area contributed by atoms with Gasteiger partial charge in [0.05, 0.1) is 25.3 Å². The average molecular weight is 505 g/mol. The van der Waals surface area contributed by atoms with Crippen LogP contribution in [-0.4, -0.2) is 51.5 Å². The lowest BCUT2D eigenvalue weighted by Crippen LogP contribution is -2.64. The van der Waals surface area contributed by atoms with Crippen molar-refractivity contribution in [3.63, 3.8) is 0 Å². The van der Waals surface area contributed by atoms with Crippen molar-refractivity contribution >= 4 is 11.8 Å². The van der Waals surface area contributed by atoms with E-state index in [0.717, 1.165) is 29.5 Å². The number of ether oxygens (including phenoxy) is 1. The minimum Gasteiger partial charge on any atom is -0.508 e. The molecule has 1 aliphatic rings. The molecule has 196 valence electrons. The molecule has 1 fully saturated rings. The van der Waals surface area contributed by atoms with Gasteiger partial charge in [0.15, 0.2) is 0 Å². The molecule has 4 N–H and O–H groups in total. The van der Waals surface area contributed by atoms with Gasteiger partial charge in [-0.3, -0.25) is 9.59 Å². The number of likely N-dealkylation sites (tertiary alicyclic amines) is 1. The summed E-state index contributed by atoms with van der Waals surface area (Å²) < 4.78 is 6.45. The first-order valence-corrected chi connectivity index (χ1v) is 12.9. The number of phenolic OH excluding ortho intramolecular Hbond substituents is 1. The van der Waals surface area contributed by atoms with Gasteiger partial charge in [-0.15, -0.1) is 0 Å². The maximum absolute atomic E-state index is 14.1. The van der Waals surface area contributed by atoms with Gasteiger partial charge in [0, 0.05) is 30.8 Å². The van der Waals surface area contributed by atoms with Crippen LogP contribution >= 0.6 is 0 Å². The van der Waals surface area contributed by atoms with Gasteiger partial charge < -0.3 is 25.5 Å². The van der Waals surface area contributed by atoms with Crippen LogP contribution in [0, 0.1) is 12.8 Å².